The number of morpholine rings is 1. The molecule has 0 bridgehead atoms. The number of thiazole rings is 1. The number of rotatable bonds is 4. The summed E-state index contributed by atoms with van der Waals surface area (Å²) in [5.41, 5.74) is 0.810. The van der Waals surface area contributed by atoms with Crippen LogP contribution in [0.1, 0.15) is 54.6 Å². The van der Waals surface area contributed by atoms with Crippen molar-refractivity contribution in [2.45, 2.75) is 52.1 Å². The number of anilines is 2. The fourth-order valence-corrected chi connectivity index (χ4v) is 4.65. The zero-order valence-corrected chi connectivity index (χ0v) is 17.3. The molecule has 1 saturated carbocycles. The van der Waals surface area contributed by atoms with Gasteiger partial charge in [-0.15, -0.1) is 11.3 Å². The molecule has 7 nitrogen and oxygen atoms in total. The van der Waals surface area contributed by atoms with Gasteiger partial charge in [0, 0.05) is 29.6 Å². The molecule has 3 heterocycles. The average molecular weight is 402 g/mol. The van der Waals surface area contributed by atoms with E-state index in [0.717, 1.165) is 28.5 Å². The van der Waals surface area contributed by atoms with Crippen LogP contribution in [0, 0.1) is 19.8 Å². The number of hydrogen-bond donors (Lipinski definition) is 1. The molecule has 4 rings (SSSR count). The maximum atomic E-state index is 12.9. The van der Waals surface area contributed by atoms with Crippen LogP contribution < -0.4 is 5.32 Å². The predicted octanol–water partition coefficient (Wildman–Crippen LogP) is 3.77. The summed E-state index contributed by atoms with van der Waals surface area (Å²) in [4.78, 5) is 29.4. The van der Waals surface area contributed by atoms with Crippen molar-refractivity contribution in [2.75, 3.05) is 25.0 Å². The van der Waals surface area contributed by atoms with Gasteiger partial charge in [-0.1, -0.05) is 19.3 Å². The topological polar surface area (TPSA) is 80.2 Å². The van der Waals surface area contributed by atoms with E-state index < -0.39 is 0 Å². The van der Waals surface area contributed by atoms with Crippen LogP contribution in [0.25, 0.3) is 0 Å². The van der Waals surface area contributed by atoms with Gasteiger partial charge in [-0.05, 0) is 26.7 Å². The lowest BCUT2D eigenvalue weighted by molar-refractivity contribution is -0.144. The largest absolute Gasteiger partial charge is 0.368 e. The summed E-state index contributed by atoms with van der Waals surface area (Å²) in [5, 5.41) is 4.06. The van der Waals surface area contributed by atoms with Gasteiger partial charge >= 0.3 is 0 Å². The Morgan fingerprint density at radius 1 is 1.25 bits per heavy atom. The molecular weight excluding hydrogens is 374 g/mol. The number of carbonyl (C=O) groups is 1. The van der Waals surface area contributed by atoms with Crippen molar-refractivity contribution < 1.29 is 9.53 Å². The number of ether oxygens (including phenoxy) is 1. The van der Waals surface area contributed by atoms with Crippen LogP contribution >= 0.6 is 11.3 Å². The van der Waals surface area contributed by atoms with E-state index in [1.54, 1.807) is 11.3 Å². The highest BCUT2D eigenvalue weighted by Crippen LogP contribution is 2.29. The molecule has 0 aromatic carbocycles. The molecule has 2 aromatic rings. The molecule has 1 amide bonds. The number of nitrogens with zero attached hydrogens (tertiary/aromatic N) is 4. The second-order valence-corrected chi connectivity index (χ2v) is 8.84. The Kier molecular flexibility index (Phi) is 5.87. The molecule has 1 saturated heterocycles. The van der Waals surface area contributed by atoms with E-state index in [-0.39, 0.29) is 17.9 Å². The Labute approximate surface area is 169 Å². The van der Waals surface area contributed by atoms with Crippen LogP contribution in [0.5, 0.6) is 0 Å². The van der Waals surface area contributed by atoms with Gasteiger partial charge in [0.1, 0.15) is 17.7 Å². The highest BCUT2D eigenvalue weighted by Gasteiger charge is 2.31. The third-order valence-corrected chi connectivity index (χ3v) is 6.20. The summed E-state index contributed by atoms with van der Waals surface area (Å²) in [6.07, 6.45) is 7.25. The SMILES string of the molecule is Cc1nc(Nc2ncc(C)s2)cc([C@@H]2CN(C(=O)C3CCCCC3)CCO2)n1. The molecule has 2 fully saturated rings. The summed E-state index contributed by atoms with van der Waals surface area (Å²) in [6, 6.07) is 1.91. The lowest BCUT2D eigenvalue weighted by Gasteiger charge is -2.35. The molecule has 1 N–H and O–H groups in total. The van der Waals surface area contributed by atoms with Gasteiger partial charge in [0.15, 0.2) is 5.13 Å². The van der Waals surface area contributed by atoms with Crippen LogP contribution in [0.4, 0.5) is 10.9 Å². The van der Waals surface area contributed by atoms with Crippen molar-refractivity contribution in [3.63, 3.8) is 0 Å². The summed E-state index contributed by atoms with van der Waals surface area (Å²) in [5.74, 6) is 1.85. The Morgan fingerprint density at radius 3 is 2.82 bits per heavy atom. The Balaban J connectivity index is 1.47. The predicted molar refractivity (Wildman–Crippen MR) is 109 cm³/mol. The average Bonchev–Trinajstić information content (AvgIpc) is 3.12. The summed E-state index contributed by atoms with van der Waals surface area (Å²) >= 11 is 1.58. The van der Waals surface area contributed by atoms with Gasteiger partial charge < -0.3 is 15.0 Å². The molecule has 1 atom stereocenters. The smallest absolute Gasteiger partial charge is 0.225 e. The number of aryl methyl sites for hydroxylation is 2. The van der Waals surface area contributed by atoms with Crippen LogP contribution in [-0.4, -0.2) is 45.5 Å². The minimum absolute atomic E-state index is 0.185. The standard InChI is InChI=1S/C20H27N5O2S/c1-13-11-21-20(28-13)24-18-10-16(22-14(2)23-18)17-12-25(8-9-27-17)19(26)15-6-4-3-5-7-15/h10-11,15,17H,3-9,12H2,1-2H3,(H,21,22,23,24)/t17-/m0/s1. The molecule has 0 unspecified atom stereocenters. The third-order valence-electron chi connectivity index (χ3n) is 5.38. The number of hydrogen-bond acceptors (Lipinski definition) is 7. The first-order chi connectivity index (χ1) is 13.6. The van der Waals surface area contributed by atoms with Gasteiger partial charge in [-0.25, -0.2) is 15.0 Å². The zero-order chi connectivity index (χ0) is 19.5. The van der Waals surface area contributed by atoms with Crippen molar-refractivity contribution in [1.82, 2.24) is 19.9 Å². The van der Waals surface area contributed by atoms with E-state index in [4.69, 9.17) is 4.74 Å². The molecule has 1 aliphatic heterocycles. The maximum Gasteiger partial charge on any atom is 0.225 e. The summed E-state index contributed by atoms with van der Waals surface area (Å²) in [6.45, 7) is 5.66. The summed E-state index contributed by atoms with van der Waals surface area (Å²) < 4.78 is 5.97. The minimum atomic E-state index is -0.221. The Bertz CT molecular complexity index is 834. The summed E-state index contributed by atoms with van der Waals surface area (Å²) in [7, 11) is 0. The van der Waals surface area contributed by atoms with E-state index in [9.17, 15) is 4.79 Å². The van der Waals surface area contributed by atoms with Gasteiger partial charge in [0.2, 0.25) is 5.91 Å². The highest BCUT2D eigenvalue weighted by molar-refractivity contribution is 7.15. The molecule has 8 heteroatoms. The van der Waals surface area contributed by atoms with Crippen molar-refractivity contribution in [1.29, 1.82) is 0 Å². The van der Waals surface area contributed by atoms with Crippen LogP contribution in [0.15, 0.2) is 12.3 Å². The minimum Gasteiger partial charge on any atom is -0.368 e. The lowest BCUT2D eigenvalue weighted by atomic mass is 9.88. The van der Waals surface area contributed by atoms with Crippen molar-refractivity contribution in [3.8, 4) is 0 Å². The second kappa shape index (κ2) is 8.53. The quantitative estimate of drug-likeness (QED) is 0.840. The highest BCUT2D eigenvalue weighted by atomic mass is 32.1. The number of amides is 1. The van der Waals surface area contributed by atoms with Crippen molar-refractivity contribution in [2.24, 2.45) is 5.92 Å². The molecule has 0 spiro atoms. The maximum absolute atomic E-state index is 12.9. The van der Waals surface area contributed by atoms with E-state index in [2.05, 4.69) is 20.3 Å². The molecule has 2 aromatic heterocycles. The van der Waals surface area contributed by atoms with E-state index >= 15 is 0 Å². The fraction of sp³-hybridized carbons (Fsp3) is 0.600. The molecule has 1 aliphatic carbocycles. The van der Waals surface area contributed by atoms with Crippen LogP contribution in [-0.2, 0) is 9.53 Å². The van der Waals surface area contributed by atoms with Crippen molar-refractivity contribution in [3.05, 3.63) is 28.7 Å². The van der Waals surface area contributed by atoms with E-state index in [1.807, 2.05) is 31.0 Å². The first-order valence-corrected chi connectivity index (χ1v) is 10.9. The van der Waals surface area contributed by atoms with Gasteiger partial charge in [0.05, 0.1) is 18.8 Å². The Morgan fingerprint density at radius 2 is 2.07 bits per heavy atom. The first kappa shape index (κ1) is 19.3. The van der Waals surface area contributed by atoms with Gasteiger partial charge in [-0.2, -0.15) is 0 Å². The zero-order valence-electron chi connectivity index (χ0n) is 16.5. The van der Waals surface area contributed by atoms with Gasteiger partial charge in [0.25, 0.3) is 0 Å². The third kappa shape index (κ3) is 4.50. The second-order valence-electron chi connectivity index (χ2n) is 7.60. The van der Waals surface area contributed by atoms with Crippen LogP contribution in [0.3, 0.4) is 0 Å². The fourth-order valence-electron chi connectivity index (χ4n) is 3.98. The van der Waals surface area contributed by atoms with E-state index in [0.29, 0.717) is 31.3 Å². The Hall–Kier alpha value is -2.06. The molecule has 2 aliphatic rings. The lowest BCUT2D eigenvalue weighted by Crippen LogP contribution is -2.45. The number of aromatic nitrogens is 3. The van der Waals surface area contributed by atoms with E-state index in [1.165, 1.54) is 19.3 Å². The van der Waals surface area contributed by atoms with Crippen molar-refractivity contribution >= 4 is 28.2 Å². The molecule has 150 valence electrons. The van der Waals surface area contributed by atoms with Crippen LogP contribution in [0.2, 0.25) is 0 Å². The molecule has 0 radical (unpaired) electrons. The number of nitrogens with one attached hydrogen (secondary N) is 1. The monoisotopic (exact) mass is 401 g/mol. The van der Waals surface area contributed by atoms with Gasteiger partial charge in [-0.3, -0.25) is 4.79 Å². The molecule has 28 heavy (non-hydrogen) atoms. The number of carbonyl (C=O) groups excluding carboxylic acids is 1. The molecular formula is C20H27N5O2S. The normalized spacial score (nSPS) is 20.9. The first-order valence-electron chi connectivity index (χ1n) is 10.0.